The molecule has 0 unspecified atom stereocenters. The number of fused-ring (bicyclic) bond motifs is 1. The van der Waals surface area contributed by atoms with Crippen molar-refractivity contribution >= 4 is 58.4 Å². The molecule has 0 atom stereocenters. The van der Waals surface area contributed by atoms with Crippen LogP contribution < -0.4 is 4.90 Å². The molecule has 2 aromatic carbocycles. The van der Waals surface area contributed by atoms with E-state index in [0.717, 1.165) is 32.9 Å². The lowest BCUT2D eigenvalue weighted by Gasteiger charge is -2.34. The highest BCUT2D eigenvalue weighted by Gasteiger charge is 2.24. The number of piperazine rings is 1. The Labute approximate surface area is 182 Å². The minimum atomic E-state index is -3.26. The number of sulfone groups is 1. The first kappa shape index (κ1) is 20.3. The number of benzene rings is 2. The molecule has 0 radical (unpaired) electrons. The number of anilines is 1. The number of thiazole rings is 1. The predicted octanol–water partition coefficient (Wildman–Crippen LogP) is 3.81. The Morgan fingerprint density at radius 1 is 1.10 bits per heavy atom. The summed E-state index contributed by atoms with van der Waals surface area (Å²) in [6.07, 6.45) is 0. The van der Waals surface area contributed by atoms with E-state index in [4.69, 9.17) is 4.98 Å². The minimum Gasteiger partial charge on any atom is -0.345 e. The molecule has 0 spiro atoms. The summed E-state index contributed by atoms with van der Waals surface area (Å²) < 4.78 is 26.0. The molecular weight excluding hydrogens is 474 g/mol. The highest BCUT2D eigenvalue weighted by atomic mass is 79.9. The lowest BCUT2D eigenvalue weighted by Crippen LogP contribution is -2.48. The molecule has 0 aliphatic carbocycles. The first-order valence-electron chi connectivity index (χ1n) is 9.30. The minimum absolute atomic E-state index is 0.0466. The number of halogens is 1. The zero-order valence-corrected chi connectivity index (χ0v) is 19.1. The Hall–Kier alpha value is -1.97. The van der Waals surface area contributed by atoms with Gasteiger partial charge in [0.2, 0.25) is 0 Å². The van der Waals surface area contributed by atoms with Gasteiger partial charge in [-0.25, -0.2) is 13.4 Å². The van der Waals surface area contributed by atoms with Crippen molar-refractivity contribution in [3.63, 3.8) is 0 Å². The maximum atomic E-state index is 12.8. The zero-order valence-electron chi connectivity index (χ0n) is 15.8. The molecule has 1 amide bonds. The van der Waals surface area contributed by atoms with Crippen LogP contribution in [-0.2, 0) is 9.84 Å². The summed E-state index contributed by atoms with van der Waals surface area (Å²) in [4.78, 5) is 21.8. The molecule has 1 saturated heterocycles. The summed E-state index contributed by atoms with van der Waals surface area (Å²) in [5, 5.41) is 0.972. The number of carbonyl (C=O) groups is 1. The normalized spacial score (nSPS) is 15.1. The number of rotatable bonds is 4. The average molecular weight is 494 g/mol. The highest BCUT2D eigenvalue weighted by molar-refractivity contribution is 9.10. The van der Waals surface area contributed by atoms with Gasteiger partial charge in [-0.1, -0.05) is 34.2 Å². The van der Waals surface area contributed by atoms with Crippen molar-refractivity contribution < 1.29 is 13.2 Å². The molecule has 0 bridgehead atoms. The third kappa shape index (κ3) is 4.17. The Morgan fingerprint density at radius 2 is 1.79 bits per heavy atom. The van der Waals surface area contributed by atoms with Gasteiger partial charge in [-0.3, -0.25) is 4.79 Å². The van der Waals surface area contributed by atoms with Crippen LogP contribution in [0.5, 0.6) is 0 Å². The summed E-state index contributed by atoms with van der Waals surface area (Å²) in [5.41, 5.74) is 1.49. The van der Waals surface area contributed by atoms with Gasteiger partial charge in [0, 0.05) is 36.2 Å². The van der Waals surface area contributed by atoms with Crippen molar-refractivity contribution in [3.8, 4) is 0 Å². The van der Waals surface area contributed by atoms with Crippen molar-refractivity contribution in [3.05, 3.63) is 52.5 Å². The Kier molecular flexibility index (Phi) is 5.63. The number of nitrogens with zero attached hydrogens (tertiary/aromatic N) is 3. The maximum Gasteiger partial charge on any atom is 0.253 e. The van der Waals surface area contributed by atoms with Crippen LogP contribution in [0.1, 0.15) is 17.3 Å². The van der Waals surface area contributed by atoms with Crippen molar-refractivity contribution in [2.75, 3.05) is 36.8 Å². The molecule has 6 nitrogen and oxygen atoms in total. The molecule has 1 aromatic heterocycles. The van der Waals surface area contributed by atoms with E-state index >= 15 is 0 Å². The van der Waals surface area contributed by atoms with Gasteiger partial charge in [-0.15, -0.1) is 0 Å². The van der Waals surface area contributed by atoms with Crippen LogP contribution in [0.4, 0.5) is 5.13 Å². The summed E-state index contributed by atoms with van der Waals surface area (Å²) in [6, 6.07) is 12.3. The van der Waals surface area contributed by atoms with Gasteiger partial charge in [0.15, 0.2) is 15.0 Å². The number of hydrogen-bond donors (Lipinski definition) is 0. The first-order chi connectivity index (χ1) is 13.9. The summed E-state index contributed by atoms with van der Waals surface area (Å²) in [6.45, 7) is 4.25. The van der Waals surface area contributed by atoms with Gasteiger partial charge >= 0.3 is 0 Å². The lowest BCUT2D eigenvalue weighted by atomic mass is 10.2. The monoisotopic (exact) mass is 493 g/mol. The first-order valence-corrected chi connectivity index (χ1v) is 12.6. The van der Waals surface area contributed by atoms with Crippen LogP contribution in [0.25, 0.3) is 10.2 Å². The standard InChI is InChI=1S/C20H20BrN3O3S2/c1-2-29(26,27)16-6-3-14(4-7-16)19(25)23-9-11-24(12-10-23)20-22-17-8-5-15(21)13-18(17)28-20/h3-8,13H,2,9-12H2,1H3. The SMILES string of the molecule is CCS(=O)(=O)c1ccc(C(=O)N2CCN(c3nc4ccc(Br)cc4s3)CC2)cc1. The zero-order chi connectivity index (χ0) is 20.6. The lowest BCUT2D eigenvalue weighted by molar-refractivity contribution is 0.0746. The van der Waals surface area contributed by atoms with Gasteiger partial charge in [0.1, 0.15) is 0 Å². The van der Waals surface area contributed by atoms with E-state index in [0.29, 0.717) is 18.7 Å². The molecule has 9 heteroatoms. The average Bonchev–Trinajstić information content (AvgIpc) is 3.16. The van der Waals surface area contributed by atoms with Crippen LogP contribution in [-0.4, -0.2) is 56.1 Å². The predicted molar refractivity (Wildman–Crippen MR) is 120 cm³/mol. The fourth-order valence-corrected chi connectivity index (χ4v) is 5.73. The second-order valence-electron chi connectivity index (χ2n) is 6.82. The maximum absolute atomic E-state index is 12.8. The van der Waals surface area contributed by atoms with Crippen molar-refractivity contribution in [1.82, 2.24) is 9.88 Å². The quantitative estimate of drug-likeness (QED) is 0.552. The van der Waals surface area contributed by atoms with E-state index in [9.17, 15) is 13.2 Å². The molecular formula is C20H20BrN3O3S2. The molecule has 152 valence electrons. The van der Waals surface area contributed by atoms with E-state index in [-0.39, 0.29) is 16.6 Å². The second-order valence-corrected chi connectivity index (χ2v) is 11.0. The van der Waals surface area contributed by atoms with E-state index in [1.54, 1.807) is 30.4 Å². The van der Waals surface area contributed by atoms with Crippen LogP contribution in [0.3, 0.4) is 0 Å². The molecule has 29 heavy (non-hydrogen) atoms. The third-order valence-corrected chi connectivity index (χ3v) is 8.34. The molecule has 0 N–H and O–H groups in total. The number of hydrogen-bond acceptors (Lipinski definition) is 6. The smallest absolute Gasteiger partial charge is 0.253 e. The van der Waals surface area contributed by atoms with Crippen LogP contribution in [0.15, 0.2) is 51.8 Å². The van der Waals surface area contributed by atoms with E-state index < -0.39 is 9.84 Å². The van der Waals surface area contributed by atoms with E-state index in [1.165, 1.54) is 12.1 Å². The fourth-order valence-electron chi connectivity index (χ4n) is 3.28. The van der Waals surface area contributed by atoms with Gasteiger partial charge in [-0.05, 0) is 42.5 Å². The Morgan fingerprint density at radius 3 is 2.45 bits per heavy atom. The van der Waals surface area contributed by atoms with Gasteiger partial charge in [-0.2, -0.15) is 0 Å². The highest BCUT2D eigenvalue weighted by Crippen LogP contribution is 2.31. The van der Waals surface area contributed by atoms with Crippen molar-refractivity contribution in [2.24, 2.45) is 0 Å². The summed E-state index contributed by atoms with van der Waals surface area (Å²) in [7, 11) is -3.26. The molecule has 4 rings (SSSR count). The largest absolute Gasteiger partial charge is 0.345 e. The van der Waals surface area contributed by atoms with E-state index in [1.807, 2.05) is 17.0 Å². The molecule has 1 fully saturated rings. The van der Waals surface area contributed by atoms with Crippen LogP contribution in [0, 0.1) is 0 Å². The molecule has 2 heterocycles. The molecule has 0 saturated carbocycles. The van der Waals surface area contributed by atoms with Crippen LogP contribution >= 0.6 is 27.3 Å². The summed E-state index contributed by atoms with van der Waals surface area (Å²) >= 11 is 5.15. The second kappa shape index (κ2) is 8.04. The fraction of sp³-hybridized carbons (Fsp3) is 0.300. The molecule has 1 aliphatic rings. The van der Waals surface area contributed by atoms with Gasteiger partial charge in [0.25, 0.3) is 5.91 Å². The van der Waals surface area contributed by atoms with E-state index in [2.05, 4.69) is 26.9 Å². The van der Waals surface area contributed by atoms with Gasteiger partial charge < -0.3 is 9.80 Å². The van der Waals surface area contributed by atoms with Crippen molar-refractivity contribution in [2.45, 2.75) is 11.8 Å². The molecule has 1 aliphatic heterocycles. The topological polar surface area (TPSA) is 70.6 Å². The third-order valence-electron chi connectivity index (χ3n) is 5.02. The van der Waals surface area contributed by atoms with Crippen molar-refractivity contribution in [1.29, 1.82) is 0 Å². The number of carbonyl (C=O) groups excluding carboxylic acids is 1. The van der Waals surface area contributed by atoms with Gasteiger partial charge in [0.05, 0.1) is 20.9 Å². The van der Waals surface area contributed by atoms with Crippen LogP contribution in [0.2, 0.25) is 0 Å². The number of aromatic nitrogens is 1. The summed E-state index contributed by atoms with van der Waals surface area (Å²) in [5.74, 6) is -0.0244. The Bertz CT molecular complexity index is 1150. The number of amides is 1. The molecule has 3 aromatic rings. The Balaban J connectivity index is 1.42.